The first-order valence-electron chi connectivity index (χ1n) is 8.65. The van der Waals surface area contributed by atoms with Crippen molar-refractivity contribution in [2.45, 2.75) is 31.2 Å². The van der Waals surface area contributed by atoms with Crippen molar-refractivity contribution in [1.82, 2.24) is 5.32 Å². The van der Waals surface area contributed by atoms with E-state index in [1.165, 1.54) is 6.07 Å². The van der Waals surface area contributed by atoms with Crippen molar-refractivity contribution in [1.29, 1.82) is 0 Å². The van der Waals surface area contributed by atoms with Crippen LogP contribution in [0.2, 0.25) is 10.0 Å². The number of carbonyl (C=O) groups is 1. The quantitative estimate of drug-likeness (QED) is 0.704. The van der Waals surface area contributed by atoms with Gasteiger partial charge >= 0.3 is 0 Å². The molecule has 2 aromatic carbocycles. The van der Waals surface area contributed by atoms with E-state index in [-0.39, 0.29) is 23.1 Å². The van der Waals surface area contributed by atoms with E-state index in [9.17, 15) is 13.2 Å². The minimum atomic E-state index is -3.72. The number of amidine groups is 1. The highest BCUT2D eigenvalue weighted by Crippen LogP contribution is 2.28. The van der Waals surface area contributed by atoms with Crippen LogP contribution < -0.4 is 10.6 Å². The Morgan fingerprint density at radius 2 is 1.96 bits per heavy atom. The maximum Gasteiger partial charge on any atom is 0.286 e. The number of nitrogens with one attached hydrogen (secondary N) is 2. The summed E-state index contributed by atoms with van der Waals surface area (Å²) in [5.41, 5.74) is 1.27. The molecule has 1 aliphatic rings. The molecule has 6 nitrogen and oxygen atoms in total. The summed E-state index contributed by atoms with van der Waals surface area (Å²) in [5, 5.41) is 6.88. The van der Waals surface area contributed by atoms with Crippen molar-refractivity contribution >= 4 is 50.7 Å². The van der Waals surface area contributed by atoms with Gasteiger partial charge in [-0.05, 0) is 35.7 Å². The lowest BCUT2D eigenvalue weighted by molar-refractivity contribution is -0.122. The third-order valence-electron chi connectivity index (χ3n) is 4.24. The molecule has 0 aliphatic carbocycles. The summed E-state index contributed by atoms with van der Waals surface area (Å²) in [6.07, 6.45) is 0.566. The zero-order chi connectivity index (χ0) is 20.3. The summed E-state index contributed by atoms with van der Waals surface area (Å²) in [6, 6.07) is 11.7. The van der Waals surface area contributed by atoms with Crippen molar-refractivity contribution in [2.75, 3.05) is 5.32 Å². The topological polar surface area (TPSA) is 87.6 Å². The van der Waals surface area contributed by atoms with Gasteiger partial charge in [-0.3, -0.25) is 4.79 Å². The third-order valence-corrected chi connectivity index (χ3v) is 6.20. The molecule has 2 N–H and O–H groups in total. The van der Waals surface area contributed by atoms with Crippen LogP contribution in [0.1, 0.15) is 25.3 Å². The SMILES string of the molecule is C[C@@H](CC(=O)NCc1ccc(Cl)cc1Cl)CC1=NS(=O)(=O)c2ccccc2N1. The van der Waals surface area contributed by atoms with Crippen molar-refractivity contribution in [3.63, 3.8) is 0 Å². The lowest BCUT2D eigenvalue weighted by atomic mass is 10.0. The molecule has 0 unspecified atom stereocenters. The molecule has 0 radical (unpaired) electrons. The standard InChI is InChI=1S/C19H19Cl2N3O3S/c1-12(9-19(25)22-11-13-6-7-14(20)10-15(13)21)8-18-23-16-4-2-3-5-17(16)28(26,27)24-18/h2-7,10,12H,8-9,11H2,1H3,(H,22,25)(H,23,24)/t12-/m1/s1. The molecule has 0 saturated heterocycles. The Labute approximate surface area is 174 Å². The fourth-order valence-electron chi connectivity index (χ4n) is 2.91. The van der Waals surface area contributed by atoms with Gasteiger partial charge < -0.3 is 10.6 Å². The first-order chi connectivity index (χ1) is 13.2. The maximum atomic E-state index is 12.3. The molecule has 0 bridgehead atoms. The minimum absolute atomic E-state index is 0.104. The minimum Gasteiger partial charge on any atom is -0.352 e. The normalized spacial score (nSPS) is 15.8. The highest BCUT2D eigenvalue weighted by Gasteiger charge is 2.25. The average molecular weight is 440 g/mol. The molecule has 1 atom stereocenters. The van der Waals surface area contributed by atoms with Gasteiger partial charge in [-0.1, -0.05) is 48.3 Å². The third kappa shape index (κ3) is 5.04. The van der Waals surface area contributed by atoms with E-state index in [0.29, 0.717) is 34.5 Å². The molecule has 0 fully saturated rings. The number of carbonyl (C=O) groups excluding carboxylic acids is 1. The first-order valence-corrected chi connectivity index (χ1v) is 10.8. The molecular weight excluding hydrogens is 421 g/mol. The van der Waals surface area contributed by atoms with Crippen LogP contribution >= 0.6 is 23.2 Å². The number of anilines is 1. The Bertz CT molecular complexity index is 1040. The lowest BCUT2D eigenvalue weighted by Gasteiger charge is -2.20. The van der Waals surface area contributed by atoms with Crippen LogP contribution in [-0.4, -0.2) is 20.2 Å². The fraction of sp³-hybridized carbons (Fsp3) is 0.263. The molecule has 0 aromatic heterocycles. The monoisotopic (exact) mass is 439 g/mol. The maximum absolute atomic E-state index is 12.3. The molecule has 148 valence electrons. The van der Waals surface area contributed by atoms with Crippen LogP contribution in [0.25, 0.3) is 0 Å². The van der Waals surface area contributed by atoms with E-state index < -0.39 is 10.0 Å². The summed E-state index contributed by atoms with van der Waals surface area (Å²) in [6.45, 7) is 2.16. The molecular formula is C19H19Cl2N3O3S. The fourth-order valence-corrected chi connectivity index (χ4v) is 4.54. The zero-order valence-electron chi connectivity index (χ0n) is 15.1. The van der Waals surface area contributed by atoms with Crippen LogP contribution in [0.15, 0.2) is 51.8 Å². The Morgan fingerprint density at radius 3 is 2.71 bits per heavy atom. The summed E-state index contributed by atoms with van der Waals surface area (Å²) in [4.78, 5) is 12.4. The predicted molar refractivity (Wildman–Crippen MR) is 111 cm³/mol. The van der Waals surface area contributed by atoms with E-state index in [4.69, 9.17) is 23.2 Å². The summed E-state index contributed by atoms with van der Waals surface area (Å²) in [7, 11) is -3.72. The van der Waals surface area contributed by atoms with Crippen LogP contribution in [0.4, 0.5) is 5.69 Å². The van der Waals surface area contributed by atoms with Crippen molar-refractivity contribution in [3.8, 4) is 0 Å². The molecule has 28 heavy (non-hydrogen) atoms. The van der Waals surface area contributed by atoms with E-state index in [1.54, 1.807) is 36.4 Å². The molecule has 1 aliphatic heterocycles. The average Bonchev–Trinajstić information content (AvgIpc) is 2.60. The van der Waals surface area contributed by atoms with Crippen molar-refractivity contribution in [3.05, 3.63) is 58.1 Å². The highest BCUT2D eigenvalue weighted by atomic mass is 35.5. The Kier molecular flexibility index (Phi) is 6.27. The molecule has 0 spiro atoms. The van der Waals surface area contributed by atoms with Crippen LogP contribution in [0, 0.1) is 5.92 Å². The number of hydrogen-bond donors (Lipinski definition) is 2. The van der Waals surface area contributed by atoms with Gasteiger partial charge in [0.25, 0.3) is 10.0 Å². The van der Waals surface area contributed by atoms with E-state index in [2.05, 4.69) is 15.0 Å². The van der Waals surface area contributed by atoms with Crippen molar-refractivity contribution in [2.24, 2.45) is 10.3 Å². The Hall–Kier alpha value is -2.09. The zero-order valence-corrected chi connectivity index (χ0v) is 17.4. The van der Waals surface area contributed by atoms with Gasteiger partial charge in [0, 0.05) is 29.4 Å². The van der Waals surface area contributed by atoms with Crippen LogP contribution in [0.3, 0.4) is 0 Å². The van der Waals surface area contributed by atoms with E-state index in [1.807, 2.05) is 6.92 Å². The van der Waals surface area contributed by atoms with Gasteiger partial charge in [-0.25, -0.2) is 0 Å². The summed E-state index contributed by atoms with van der Waals surface area (Å²) in [5.74, 6) is 0.0744. The van der Waals surface area contributed by atoms with Crippen LogP contribution in [0.5, 0.6) is 0 Å². The Balaban J connectivity index is 1.56. The van der Waals surface area contributed by atoms with E-state index >= 15 is 0 Å². The smallest absolute Gasteiger partial charge is 0.286 e. The number of rotatable bonds is 6. The Morgan fingerprint density at radius 1 is 1.21 bits per heavy atom. The lowest BCUT2D eigenvalue weighted by Crippen LogP contribution is -2.27. The van der Waals surface area contributed by atoms with Gasteiger partial charge in [0.2, 0.25) is 5.91 Å². The summed E-state index contributed by atoms with van der Waals surface area (Å²) < 4.78 is 28.4. The second-order valence-electron chi connectivity index (χ2n) is 6.66. The van der Waals surface area contributed by atoms with Gasteiger partial charge in [-0.2, -0.15) is 8.42 Å². The number of para-hydroxylation sites is 1. The molecule has 2 aromatic rings. The van der Waals surface area contributed by atoms with Crippen LogP contribution in [-0.2, 0) is 21.4 Å². The van der Waals surface area contributed by atoms with Crippen molar-refractivity contribution < 1.29 is 13.2 Å². The summed E-state index contributed by atoms with van der Waals surface area (Å²) >= 11 is 12.0. The molecule has 0 saturated carbocycles. The number of fused-ring (bicyclic) bond motifs is 1. The van der Waals surface area contributed by atoms with Gasteiger partial charge in [0.05, 0.1) is 5.69 Å². The number of halogens is 2. The molecule has 1 amide bonds. The number of hydrogen-bond acceptors (Lipinski definition) is 4. The van der Waals surface area contributed by atoms with Gasteiger partial charge in [0.1, 0.15) is 10.7 Å². The van der Waals surface area contributed by atoms with E-state index in [0.717, 1.165) is 5.56 Å². The highest BCUT2D eigenvalue weighted by molar-refractivity contribution is 7.90. The van der Waals surface area contributed by atoms with Gasteiger partial charge in [-0.15, -0.1) is 4.40 Å². The number of amides is 1. The van der Waals surface area contributed by atoms with Gasteiger partial charge in [0.15, 0.2) is 0 Å². The second-order valence-corrected chi connectivity index (χ2v) is 9.08. The molecule has 3 rings (SSSR count). The molecule has 9 heteroatoms. The molecule has 1 heterocycles. The predicted octanol–water partition coefficient (Wildman–Crippen LogP) is 4.24. The number of benzene rings is 2. The second kappa shape index (κ2) is 8.51. The number of sulfonamides is 1. The first kappa shape index (κ1) is 20.6. The largest absolute Gasteiger partial charge is 0.352 e. The number of nitrogens with zero attached hydrogens (tertiary/aromatic N) is 1.